The maximum absolute atomic E-state index is 13.7. The molecule has 0 unspecified atom stereocenters. The number of benzene rings is 3. The molecule has 2 aliphatic heterocycles. The van der Waals surface area contributed by atoms with Gasteiger partial charge in [0.25, 0.3) is 15.9 Å². The smallest absolute Gasteiger partial charge is 0.274 e. The van der Waals surface area contributed by atoms with Gasteiger partial charge in [0.05, 0.1) is 17.1 Å². The van der Waals surface area contributed by atoms with Gasteiger partial charge in [-0.2, -0.15) is 0 Å². The Bertz CT molecular complexity index is 1470. The van der Waals surface area contributed by atoms with Gasteiger partial charge in [0.15, 0.2) is 0 Å². The third-order valence-corrected chi connectivity index (χ3v) is 11.2. The van der Waals surface area contributed by atoms with Crippen molar-refractivity contribution in [2.45, 2.75) is 35.5 Å². The van der Waals surface area contributed by atoms with Crippen LogP contribution < -0.4 is 9.03 Å². The summed E-state index contributed by atoms with van der Waals surface area (Å²) < 4.78 is 28.7. The van der Waals surface area contributed by atoms with Crippen molar-refractivity contribution in [1.29, 1.82) is 0 Å². The first kappa shape index (κ1) is 32.0. The Morgan fingerprint density at radius 1 is 0.727 bits per heavy atom. The molecule has 2 aliphatic rings. The third kappa shape index (κ3) is 8.62. The van der Waals surface area contributed by atoms with Gasteiger partial charge in [-0.25, -0.2) is 12.1 Å². The van der Waals surface area contributed by atoms with Crippen LogP contribution in [0.15, 0.2) is 94.7 Å². The second kappa shape index (κ2) is 15.6. The SMILES string of the molecule is O=C(NCC(=O)N1CCCN(CCCN2CCCC2)CC1)c1ccc(S(=O)(=O)N(Sc2ccccc2)c2ccccc2)cc1. The van der Waals surface area contributed by atoms with E-state index in [1.165, 1.54) is 53.9 Å². The first-order chi connectivity index (χ1) is 21.4. The molecule has 1 N–H and O–H groups in total. The maximum Gasteiger partial charge on any atom is 0.274 e. The summed E-state index contributed by atoms with van der Waals surface area (Å²) in [7, 11) is -3.96. The monoisotopic (exact) mass is 635 g/mol. The van der Waals surface area contributed by atoms with E-state index < -0.39 is 15.9 Å². The van der Waals surface area contributed by atoms with Crippen molar-refractivity contribution in [3.63, 3.8) is 0 Å². The lowest BCUT2D eigenvalue weighted by molar-refractivity contribution is -0.130. The lowest BCUT2D eigenvalue weighted by atomic mass is 10.2. The van der Waals surface area contributed by atoms with Crippen LogP contribution in [0.25, 0.3) is 0 Å². The van der Waals surface area contributed by atoms with Gasteiger partial charge in [-0.1, -0.05) is 36.4 Å². The Balaban J connectivity index is 1.14. The standard InChI is InChI=1S/C33H41N5O4S2/c39-32(37-24-10-23-36(25-26-37)22-9-21-35-19-7-8-20-35)27-34-33(40)28-15-17-31(18-16-28)44(41,42)38(29-11-3-1-4-12-29)43-30-13-5-2-6-14-30/h1-6,11-18H,7-10,19-27H2,(H,34,40). The zero-order valence-corrected chi connectivity index (χ0v) is 26.6. The molecule has 0 saturated carbocycles. The molecule has 11 heteroatoms. The predicted molar refractivity (Wildman–Crippen MR) is 175 cm³/mol. The van der Waals surface area contributed by atoms with Crippen LogP contribution in [0.3, 0.4) is 0 Å². The zero-order chi connectivity index (χ0) is 30.8. The molecule has 0 radical (unpaired) electrons. The Morgan fingerprint density at radius 3 is 2.02 bits per heavy atom. The third-order valence-electron chi connectivity index (χ3n) is 8.02. The predicted octanol–water partition coefficient (Wildman–Crippen LogP) is 4.34. The highest BCUT2D eigenvalue weighted by Gasteiger charge is 2.27. The average molecular weight is 636 g/mol. The maximum atomic E-state index is 13.7. The van der Waals surface area contributed by atoms with Gasteiger partial charge in [0, 0.05) is 42.0 Å². The lowest BCUT2D eigenvalue weighted by Gasteiger charge is -2.23. The second-order valence-electron chi connectivity index (χ2n) is 11.2. The van der Waals surface area contributed by atoms with Crippen LogP contribution in [-0.4, -0.2) is 93.8 Å². The fourth-order valence-electron chi connectivity index (χ4n) is 5.58. The van der Waals surface area contributed by atoms with E-state index >= 15 is 0 Å². The molecule has 2 amide bonds. The van der Waals surface area contributed by atoms with Crippen LogP contribution in [-0.2, 0) is 14.8 Å². The molecule has 0 aliphatic carbocycles. The Morgan fingerprint density at radius 2 is 1.34 bits per heavy atom. The van der Waals surface area contributed by atoms with Gasteiger partial charge in [-0.3, -0.25) is 9.59 Å². The number of carbonyl (C=O) groups excluding carboxylic acids is 2. The first-order valence-electron chi connectivity index (χ1n) is 15.3. The second-order valence-corrected chi connectivity index (χ2v) is 14.2. The fourth-order valence-corrected chi connectivity index (χ4v) is 8.26. The summed E-state index contributed by atoms with van der Waals surface area (Å²) in [5.41, 5.74) is 0.805. The van der Waals surface area contributed by atoms with Crippen molar-refractivity contribution < 1.29 is 18.0 Å². The fraction of sp³-hybridized carbons (Fsp3) is 0.394. The van der Waals surface area contributed by atoms with E-state index in [4.69, 9.17) is 0 Å². The summed E-state index contributed by atoms with van der Waals surface area (Å²) in [6.45, 7) is 7.71. The van der Waals surface area contributed by atoms with E-state index in [-0.39, 0.29) is 17.3 Å². The van der Waals surface area contributed by atoms with Gasteiger partial charge in [0.1, 0.15) is 0 Å². The van der Waals surface area contributed by atoms with Crippen LogP contribution >= 0.6 is 11.9 Å². The van der Waals surface area contributed by atoms with E-state index in [0.29, 0.717) is 24.3 Å². The molecular weight excluding hydrogens is 595 g/mol. The molecule has 5 rings (SSSR count). The zero-order valence-electron chi connectivity index (χ0n) is 25.0. The number of hydrogen-bond donors (Lipinski definition) is 1. The lowest BCUT2D eigenvalue weighted by Crippen LogP contribution is -2.42. The van der Waals surface area contributed by atoms with Gasteiger partial charge >= 0.3 is 0 Å². The number of para-hydroxylation sites is 1. The van der Waals surface area contributed by atoms with Crippen molar-refractivity contribution >= 4 is 39.5 Å². The van der Waals surface area contributed by atoms with E-state index in [0.717, 1.165) is 55.9 Å². The molecule has 0 atom stereocenters. The Kier molecular flexibility index (Phi) is 11.3. The number of nitrogens with zero attached hydrogens (tertiary/aromatic N) is 4. The highest BCUT2D eigenvalue weighted by molar-refractivity contribution is 8.14. The summed E-state index contributed by atoms with van der Waals surface area (Å²) in [4.78, 5) is 33.4. The molecule has 2 saturated heterocycles. The van der Waals surface area contributed by atoms with Crippen LogP contribution in [0.4, 0.5) is 5.69 Å². The largest absolute Gasteiger partial charge is 0.343 e. The molecule has 234 valence electrons. The Hall–Kier alpha value is -3.38. The van der Waals surface area contributed by atoms with Gasteiger partial charge in [-0.05, 0) is 107 Å². The topological polar surface area (TPSA) is 93.3 Å². The minimum atomic E-state index is -3.96. The molecule has 3 aromatic carbocycles. The van der Waals surface area contributed by atoms with Crippen LogP contribution in [0.5, 0.6) is 0 Å². The molecule has 0 aromatic heterocycles. The highest BCUT2D eigenvalue weighted by Crippen LogP contribution is 2.34. The summed E-state index contributed by atoms with van der Waals surface area (Å²) in [5.74, 6) is -0.521. The number of nitrogens with one attached hydrogen (secondary N) is 1. The molecule has 44 heavy (non-hydrogen) atoms. The number of sulfonamides is 1. The number of likely N-dealkylation sites (tertiary alicyclic amines) is 1. The highest BCUT2D eigenvalue weighted by atomic mass is 32.3. The summed E-state index contributed by atoms with van der Waals surface area (Å²) >= 11 is 1.11. The minimum absolute atomic E-state index is 0.0620. The van der Waals surface area contributed by atoms with E-state index in [1.54, 1.807) is 24.3 Å². The van der Waals surface area contributed by atoms with Gasteiger partial charge in [0.2, 0.25) is 5.91 Å². The Labute approximate surface area is 265 Å². The van der Waals surface area contributed by atoms with Crippen LogP contribution in [0.2, 0.25) is 0 Å². The van der Waals surface area contributed by atoms with Gasteiger partial charge < -0.3 is 20.0 Å². The van der Waals surface area contributed by atoms with Gasteiger partial charge in [-0.15, -0.1) is 0 Å². The average Bonchev–Trinajstić information content (AvgIpc) is 3.47. The first-order valence-corrected chi connectivity index (χ1v) is 17.6. The van der Waals surface area contributed by atoms with Crippen molar-refractivity contribution in [1.82, 2.24) is 20.0 Å². The van der Waals surface area contributed by atoms with Crippen LogP contribution in [0.1, 0.15) is 36.0 Å². The molecule has 0 spiro atoms. The molecule has 0 bridgehead atoms. The van der Waals surface area contributed by atoms with Crippen molar-refractivity contribution in [2.24, 2.45) is 0 Å². The van der Waals surface area contributed by atoms with Crippen molar-refractivity contribution in [3.05, 3.63) is 90.5 Å². The normalized spacial score (nSPS) is 16.4. The van der Waals surface area contributed by atoms with E-state index in [9.17, 15) is 18.0 Å². The summed E-state index contributed by atoms with van der Waals surface area (Å²) in [6, 6.07) is 24.0. The van der Waals surface area contributed by atoms with E-state index in [2.05, 4.69) is 15.1 Å². The van der Waals surface area contributed by atoms with Crippen molar-refractivity contribution in [2.75, 3.05) is 62.6 Å². The molecule has 3 aromatic rings. The van der Waals surface area contributed by atoms with Crippen molar-refractivity contribution in [3.8, 4) is 0 Å². The number of amides is 2. The number of rotatable bonds is 12. The molecule has 2 heterocycles. The summed E-state index contributed by atoms with van der Waals surface area (Å²) in [6.07, 6.45) is 4.70. The minimum Gasteiger partial charge on any atom is -0.343 e. The van der Waals surface area contributed by atoms with E-state index in [1.807, 2.05) is 41.3 Å². The molecule has 9 nitrogen and oxygen atoms in total. The number of hydrogen-bond acceptors (Lipinski definition) is 7. The number of anilines is 1. The number of carbonyl (C=O) groups is 2. The molecular formula is C33H41N5O4S2. The molecule has 2 fully saturated rings. The quantitative estimate of drug-likeness (QED) is 0.296. The van der Waals surface area contributed by atoms with Crippen LogP contribution in [0, 0.1) is 0 Å². The summed E-state index contributed by atoms with van der Waals surface area (Å²) in [5, 5.41) is 2.72.